The summed E-state index contributed by atoms with van der Waals surface area (Å²) in [5, 5.41) is 20.2. The highest BCUT2D eigenvalue weighted by Gasteiger charge is 2.30. The molecule has 0 unspecified atom stereocenters. The number of rotatable bonds is 5. The van der Waals surface area contributed by atoms with Gasteiger partial charge in [-0.25, -0.2) is 0 Å². The van der Waals surface area contributed by atoms with E-state index in [1.54, 1.807) is 26.8 Å². The smallest absolute Gasteiger partial charge is 0.323 e. The molecular weight excluding hydrogens is 264 g/mol. The molecule has 0 radical (unpaired) electrons. The highest BCUT2D eigenvalue weighted by atomic mass is 16.6. The molecule has 0 heterocycles. The monoisotopic (exact) mass is 282 g/mol. The number of nitro groups is 1. The maximum Gasteiger partial charge on any atom is 0.323 e. The van der Waals surface area contributed by atoms with Crippen LogP contribution in [0.25, 0.3) is 0 Å². The minimum absolute atomic E-state index is 0.180. The zero-order valence-electron chi connectivity index (χ0n) is 11.9. The number of methoxy groups -OCH3 is 1. The second-order valence-corrected chi connectivity index (χ2v) is 5.26. The largest absolute Gasteiger partial charge is 0.496 e. The van der Waals surface area contributed by atoms with Gasteiger partial charge < -0.3 is 14.7 Å². The Kier molecular flexibility index (Phi) is 4.54. The average Bonchev–Trinajstić information content (AvgIpc) is 2.33. The summed E-state index contributed by atoms with van der Waals surface area (Å²) in [5.74, 6) is -0.699. The normalized spacial score (nSPS) is 11.0. The van der Waals surface area contributed by atoms with Crippen LogP contribution in [0.3, 0.4) is 0 Å². The molecule has 0 bridgehead atoms. The molecule has 0 atom stereocenters. The number of ether oxygens (including phenoxy) is 1. The van der Waals surface area contributed by atoms with Crippen LogP contribution in [0.15, 0.2) is 18.2 Å². The summed E-state index contributed by atoms with van der Waals surface area (Å²) in [6.07, 6.45) is 0. The molecule has 110 valence electrons. The lowest BCUT2D eigenvalue weighted by atomic mass is 10.0. The first-order valence-corrected chi connectivity index (χ1v) is 5.98. The van der Waals surface area contributed by atoms with Crippen LogP contribution in [0.4, 0.5) is 11.4 Å². The van der Waals surface area contributed by atoms with Gasteiger partial charge in [0, 0.05) is 5.54 Å². The van der Waals surface area contributed by atoms with Gasteiger partial charge in [-0.3, -0.25) is 14.9 Å². The van der Waals surface area contributed by atoms with Crippen LogP contribution in [-0.2, 0) is 4.79 Å². The van der Waals surface area contributed by atoms with E-state index in [4.69, 9.17) is 9.84 Å². The number of nitrogens with zero attached hydrogens (tertiary/aromatic N) is 2. The fraction of sp³-hybridized carbons (Fsp3) is 0.462. The first-order chi connectivity index (χ1) is 9.16. The van der Waals surface area contributed by atoms with E-state index in [0.717, 1.165) is 0 Å². The standard InChI is InChI=1S/C13H18N2O5/c1-13(2,3)14(8-12(16)17)10-6-5-9(20-4)7-11(10)15(18)19/h5-7H,8H2,1-4H3,(H,16,17). The highest BCUT2D eigenvalue weighted by Crippen LogP contribution is 2.35. The Hall–Kier alpha value is -2.31. The molecule has 7 heteroatoms. The van der Waals surface area contributed by atoms with E-state index in [2.05, 4.69) is 0 Å². The summed E-state index contributed by atoms with van der Waals surface area (Å²) in [6.45, 7) is 5.06. The number of carboxylic acids is 1. The third kappa shape index (κ3) is 3.59. The van der Waals surface area contributed by atoms with Crippen molar-refractivity contribution in [3.05, 3.63) is 28.3 Å². The van der Waals surface area contributed by atoms with Gasteiger partial charge >= 0.3 is 5.97 Å². The number of carboxylic acid groups (broad SMARTS) is 1. The minimum Gasteiger partial charge on any atom is -0.496 e. The van der Waals surface area contributed by atoms with Crippen molar-refractivity contribution >= 4 is 17.3 Å². The van der Waals surface area contributed by atoms with Crippen molar-refractivity contribution in [3.8, 4) is 5.75 Å². The first-order valence-electron chi connectivity index (χ1n) is 5.98. The third-order valence-electron chi connectivity index (χ3n) is 2.77. The Morgan fingerprint density at radius 1 is 1.45 bits per heavy atom. The Bertz CT molecular complexity index is 522. The molecular formula is C13H18N2O5. The number of hydrogen-bond acceptors (Lipinski definition) is 5. The van der Waals surface area contributed by atoms with Crippen LogP contribution in [0, 0.1) is 10.1 Å². The van der Waals surface area contributed by atoms with E-state index in [-0.39, 0.29) is 17.9 Å². The SMILES string of the molecule is COc1ccc(N(CC(=O)O)C(C)(C)C)c([N+](=O)[O-])c1. The second kappa shape index (κ2) is 5.77. The zero-order valence-corrected chi connectivity index (χ0v) is 11.9. The van der Waals surface area contributed by atoms with Gasteiger partial charge in [0.05, 0.1) is 18.1 Å². The van der Waals surface area contributed by atoms with Gasteiger partial charge in [-0.2, -0.15) is 0 Å². The molecule has 0 aliphatic heterocycles. The number of hydrogen-bond donors (Lipinski definition) is 1. The molecule has 0 aliphatic rings. The number of aliphatic carboxylic acids is 1. The molecule has 0 aliphatic carbocycles. The molecule has 0 saturated heterocycles. The number of anilines is 1. The van der Waals surface area contributed by atoms with Crippen LogP contribution < -0.4 is 9.64 Å². The van der Waals surface area contributed by atoms with Gasteiger partial charge in [0.25, 0.3) is 5.69 Å². The van der Waals surface area contributed by atoms with Crippen molar-refractivity contribution in [3.63, 3.8) is 0 Å². The Morgan fingerprint density at radius 2 is 2.05 bits per heavy atom. The van der Waals surface area contributed by atoms with Crippen LogP contribution in [-0.4, -0.2) is 35.2 Å². The maximum absolute atomic E-state index is 11.2. The van der Waals surface area contributed by atoms with Crippen molar-refractivity contribution in [2.24, 2.45) is 0 Å². The summed E-state index contributed by atoms with van der Waals surface area (Å²) < 4.78 is 4.97. The van der Waals surface area contributed by atoms with Crippen molar-refractivity contribution in [1.29, 1.82) is 0 Å². The molecule has 1 aromatic carbocycles. The van der Waals surface area contributed by atoms with E-state index < -0.39 is 16.4 Å². The van der Waals surface area contributed by atoms with Gasteiger partial charge in [-0.05, 0) is 32.9 Å². The molecule has 0 fully saturated rings. The van der Waals surface area contributed by atoms with E-state index in [9.17, 15) is 14.9 Å². The molecule has 1 rings (SSSR count). The molecule has 1 N–H and O–H groups in total. The second-order valence-electron chi connectivity index (χ2n) is 5.26. The van der Waals surface area contributed by atoms with Crippen LogP contribution in [0.2, 0.25) is 0 Å². The number of carbonyl (C=O) groups is 1. The molecule has 0 saturated carbocycles. The predicted molar refractivity (Wildman–Crippen MR) is 74.4 cm³/mol. The summed E-state index contributed by atoms with van der Waals surface area (Å²) in [7, 11) is 1.41. The molecule has 7 nitrogen and oxygen atoms in total. The maximum atomic E-state index is 11.2. The average molecular weight is 282 g/mol. The highest BCUT2D eigenvalue weighted by molar-refractivity contribution is 5.77. The summed E-state index contributed by atoms with van der Waals surface area (Å²) in [6, 6.07) is 4.37. The molecule has 1 aromatic rings. The Labute approximate surface area is 116 Å². The van der Waals surface area contributed by atoms with E-state index in [1.165, 1.54) is 24.1 Å². The Balaban J connectivity index is 3.39. The predicted octanol–water partition coefficient (Wildman–Crippen LogP) is 2.29. The minimum atomic E-state index is -1.05. The Morgan fingerprint density at radius 3 is 2.45 bits per heavy atom. The number of benzene rings is 1. The molecule has 0 aromatic heterocycles. The van der Waals surface area contributed by atoms with Crippen molar-refractivity contribution in [2.75, 3.05) is 18.6 Å². The van der Waals surface area contributed by atoms with Gasteiger partial charge in [-0.15, -0.1) is 0 Å². The summed E-state index contributed by atoms with van der Waals surface area (Å²) >= 11 is 0. The van der Waals surface area contributed by atoms with E-state index in [1.807, 2.05) is 0 Å². The quantitative estimate of drug-likeness (QED) is 0.658. The van der Waals surface area contributed by atoms with Crippen molar-refractivity contribution in [1.82, 2.24) is 0 Å². The third-order valence-corrected chi connectivity index (χ3v) is 2.77. The van der Waals surface area contributed by atoms with E-state index in [0.29, 0.717) is 5.75 Å². The van der Waals surface area contributed by atoms with Crippen LogP contribution >= 0.6 is 0 Å². The fourth-order valence-corrected chi connectivity index (χ4v) is 1.82. The van der Waals surface area contributed by atoms with Gasteiger partial charge in [0.15, 0.2) is 0 Å². The molecule has 0 spiro atoms. The van der Waals surface area contributed by atoms with Gasteiger partial charge in [0.1, 0.15) is 18.0 Å². The van der Waals surface area contributed by atoms with Gasteiger partial charge in [0.2, 0.25) is 0 Å². The van der Waals surface area contributed by atoms with Gasteiger partial charge in [-0.1, -0.05) is 0 Å². The fourth-order valence-electron chi connectivity index (χ4n) is 1.82. The van der Waals surface area contributed by atoms with Crippen LogP contribution in [0.1, 0.15) is 20.8 Å². The molecule has 20 heavy (non-hydrogen) atoms. The lowest BCUT2D eigenvalue weighted by molar-refractivity contribution is -0.384. The topological polar surface area (TPSA) is 92.9 Å². The molecule has 0 amide bonds. The summed E-state index contributed by atoms with van der Waals surface area (Å²) in [4.78, 5) is 23.1. The summed E-state index contributed by atoms with van der Waals surface area (Å²) in [5.41, 5.74) is -0.496. The zero-order chi connectivity index (χ0) is 15.5. The number of nitro benzene ring substituents is 1. The van der Waals surface area contributed by atoms with E-state index >= 15 is 0 Å². The van der Waals surface area contributed by atoms with Crippen molar-refractivity contribution < 1.29 is 19.6 Å². The van der Waals surface area contributed by atoms with Crippen molar-refractivity contribution in [2.45, 2.75) is 26.3 Å². The lowest BCUT2D eigenvalue weighted by Gasteiger charge is -2.36. The first kappa shape index (κ1) is 15.7. The lowest BCUT2D eigenvalue weighted by Crippen LogP contribution is -2.45. The van der Waals surface area contributed by atoms with Crippen LogP contribution in [0.5, 0.6) is 5.75 Å².